The minimum Gasteiger partial charge on any atom is -0.271 e. The average Bonchev–Trinajstić information content (AvgIpc) is 2.43. The molecule has 0 spiro atoms. The summed E-state index contributed by atoms with van der Waals surface area (Å²) in [5.74, 6) is 7.60. The highest BCUT2D eigenvalue weighted by atomic mass is 32.2. The lowest BCUT2D eigenvalue weighted by Crippen LogP contribution is -2.34. The van der Waals surface area contributed by atoms with Crippen molar-refractivity contribution < 1.29 is 0 Å². The molecule has 3 N–H and O–H groups in total. The van der Waals surface area contributed by atoms with Crippen LogP contribution in [0.2, 0.25) is 0 Å². The van der Waals surface area contributed by atoms with Gasteiger partial charge < -0.3 is 0 Å². The van der Waals surface area contributed by atoms with Gasteiger partial charge in [-0.1, -0.05) is 38.3 Å². The van der Waals surface area contributed by atoms with Gasteiger partial charge in [-0.2, -0.15) is 0 Å². The molecule has 1 aromatic rings. The first-order valence-electron chi connectivity index (χ1n) is 7.04. The van der Waals surface area contributed by atoms with Crippen molar-refractivity contribution in [2.75, 3.05) is 5.75 Å². The highest BCUT2D eigenvalue weighted by Crippen LogP contribution is 2.34. The smallest absolute Gasteiger partial charge is 0.0488 e. The normalized spacial score (nSPS) is 18.8. The molecule has 1 fully saturated rings. The van der Waals surface area contributed by atoms with E-state index in [1.807, 2.05) is 11.8 Å². The van der Waals surface area contributed by atoms with Gasteiger partial charge in [-0.05, 0) is 42.2 Å². The number of benzene rings is 1. The highest BCUT2D eigenvalue weighted by Gasteiger charge is 2.23. The summed E-state index contributed by atoms with van der Waals surface area (Å²) in [5, 5.41) is 0. The molecule has 2 rings (SSSR count). The van der Waals surface area contributed by atoms with E-state index in [1.165, 1.54) is 42.6 Å². The van der Waals surface area contributed by atoms with E-state index in [-0.39, 0.29) is 0 Å². The Morgan fingerprint density at radius 1 is 1.22 bits per heavy atom. The molecule has 0 aliphatic heterocycles. The van der Waals surface area contributed by atoms with Crippen molar-refractivity contribution in [3.63, 3.8) is 0 Å². The van der Waals surface area contributed by atoms with E-state index in [9.17, 15) is 0 Å². The van der Waals surface area contributed by atoms with Crippen LogP contribution >= 0.6 is 11.8 Å². The molecule has 0 amide bonds. The van der Waals surface area contributed by atoms with Crippen molar-refractivity contribution in [1.82, 2.24) is 5.43 Å². The predicted molar refractivity (Wildman–Crippen MR) is 79.5 cm³/mol. The molecule has 100 valence electrons. The summed E-state index contributed by atoms with van der Waals surface area (Å²) in [6.45, 7) is 2.19. The summed E-state index contributed by atoms with van der Waals surface area (Å²) in [4.78, 5) is 1.35. The second-order valence-electron chi connectivity index (χ2n) is 5.04. The van der Waals surface area contributed by atoms with E-state index in [0.717, 1.165) is 5.75 Å². The van der Waals surface area contributed by atoms with E-state index < -0.39 is 0 Å². The van der Waals surface area contributed by atoms with Crippen molar-refractivity contribution in [3.8, 4) is 0 Å². The van der Waals surface area contributed by atoms with Gasteiger partial charge in [-0.25, -0.2) is 0 Å². The van der Waals surface area contributed by atoms with Crippen molar-refractivity contribution in [1.29, 1.82) is 0 Å². The van der Waals surface area contributed by atoms with Crippen LogP contribution in [0.1, 0.15) is 50.6 Å². The van der Waals surface area contributed by atoms with Gasteiger partial charge in [-0.15, -0.1) is 11.8 Å². The first-order chi connectivity index (χ1) is 8.85. The highest BCUT2D eigenvalue weighted by molar-refractivity contribution is 7.99. The number of hydrogen-bond donors (Lipinski definition) is 2. The second kappa shape index (κ2) is 7.17. The molecule has 0 bridgehead atoms. The molecule has 1 saturated carbocycles. The molecular formula is C15H24N2S. The maximum absolute atomic E-state index is 5.78. The van der Waals surface area contributed by atoms with Crippen LogP contribution in [0.15, 0.2) is 29.2 Å². The molecule has 18 heavy (non-hydrogen) atoms. The third kappa shape index (κ3) is 3.50. The van der Waals surface area contributed by atoms with Gasteiger partial charge in [0.25, 0.3) is 0 Å². The lowest BCUT2D eigenvalue weighted by Gasteiger charge is -2.30. The van der Waals surface area contributed by atoms with Crippen molar-refractivity contribution in [3.05, 3.63) is 29.8 Å². The Hall–Kier alpha value is -0.510. The molecule has 2 nitrogen and oxygen atoms in total. The van der Waals surface area contributed by atoms with E-state index in [0.29, 0.717) is 12.0 Å². The first-order valence-corrected chi connectivity index (χ1v) is 8.02. The van der Waals surface area contributed by atoms with Gasteiger partial charge in [0.2, 0.25) is 0 Å². The van der Waals surface area contributed by atoms with E-state index in [4.69, 9.17) is 5.84 Å². The third-order valence-electron chi connectivity index (χ3n) is 3.85. The maximum atomic E-state index is 5.78. The Bertz CT molecular complexity index is 344. The van der Waals surface area contributed by atoms with Gasteiger partial charge in [0.05, 0.1) is 0 Å². The standard InChI is InChI=1S/C15H24N2S/c1-2-18-14-10-8-13(9-11-14)15(17-16)12-6-4-3-5-7-12/h8-12,15,17H,2-7,16H2,1H3. The van der Waals surface area contributed by atoms with Gasteiger partial charge in [0, 0.05) is 10.9 Å². The van der Waals surface area contributed by atoms with Crippen LogP contribution in [0.5, 0.6) is 0 Å². The van der Waals surface area contributed by atoms with Crippen LogP contribution in [-0.4, -0.2) is 5.75 Å². The quantitative estimate of drug-likeness (QED) is 0.481. The molecular weight excluding hydrogens is 240 g/mol. The molecule has 1 aromatic carbocycles. The number of hydrazine groups is 1. The molecule has 1 aliphatic carbocycles. The Kier molecular flexibility index (Phi) is 5.54. The SMILES string of the molecule is CCSc1ccc(C(NN)C2CCCCC2)cc1. The van der Waals surface area contributed by atoms with E-state index >= 15 is 0 Å². The fraction of sp³-hybridized carbons (Fsp3) is 0.600. The monoisotopic (exact) mass is 264 g/mol. The second-order valence-corrected chi connectivity index (χ2v) is 6.38. The zero-order valence-electron chi connectivity index (χ0n) is 11.2. The van der Waals surface area contributed by atoms with E-state index in [1.54, 1.807) is 0 Å². The number of nitrogens with two attached hydrogens (primary N) is 1. The molecule has 0 saturated heterocycles. The Balaban J connectivity index is 2.06. The molecule has 0 radical (unpaired) electrons. The Morgan fingerprint density at radius 2 is 1.89 bits per heavy atom. The molecule has 1 atom stereocenters. The number of nitrogens with one attached hydrogen (secondary N) is 1. The molecule has 0 aromatic heterocycles. The fourth-order valence-corrected chi connectivity index (χ4v) is 3.57. The number of rotatable bonds is 5. The summed E-state index contributed by atoms with van der Waals surface area (Å²) in [7, 11) is 0. The molecule has 1 aliphatic rings. The van der Waals surface area contributed by atoms with Gasteiger partial charge in [-0.3, -0.25) is 11.3 Å². The number of thioether (sulfide) groups is 1. The van der Waals surface area contributed by atoms with Crippen molar-refractivity contribution in [2.45, 2.75) is 50.0 Å². The predicted octanol–water partition coefficient (Wildman–Crippen LogP) is 3.88. The van der Waals surface area contributed by atoms with Crippen molar-refractivity contribution >= 4 is 11.8 Å². The summed E-state index contributed by atoms with van der Waals surface area (Å²) in [6.07, 6.45) is 6.71. The van der Waals surface area contributed by atoms with Crippen molar-refractivity contribution in [2.24, 2.45) is 11.8 Å². The molecule has 1 unspecified atom stereocenters. The summed E-state index contributed by atoms with van der Waals surface area (Å²) >= 11 is 1.89. The topological polar surface area (TPSA) is 38.0 Å². The lowest BCUT2D eigenvalue weighted by atomic mass is 9.81. The lowest BCUT2D eigenvalue weighted by molar-refractivity contribution is 0.273. The zero-order valence-corrected chi connectivity index (χ0v) is 12.0. The summed E-state index contributed by atoms with van der Waals surface area (Å²) in [5.41, 5.74) is 4.37. The van der Waals surface area contributed by atoms with Crippen LogP contribution in [0, 0.1) is 5.92 Å². The minimum absolute atomic E-state index is 0.325. The fourth-order valence-electron chi connectivity index (χ4n) is 2.91. The van der Waals surface area contributed by atoms with Crippen LogP contribution in [0.25, 0.3) is 0 Å². The van der Waals surface area contributed by atoms with Gasteiger partial charge in [0.1, 0.15) is 0 Å². The largest absolute Gasteiger partial charge is 0.271 e. The minimum atomic E-state index is 0.325. The van der Waals surface area contributed by atoms with Gasteiger partial charge in [0.15, 0.2) is 0 Å². The summed E-state index contributed by atoms with van der Waals surface area (Å²) in [6, 6.07) is 9.23. The van der Waals surface area contributed by atoms with Crippen LogP contribution in [0.4, 0.5) is 0 Å². The molecule has 3 heteroatoms. The zero-order chi connectivity index (χ0) is 12.8. The summed E-state index contributed by atoms with van der Waals surface area (Å²) < 4.78 is 0. The van der Waals surface area contributed by atoms with Crippen LogP contribution < -0.4 is 11.3 Å². The van der Waals surface area contributed by atoms with E-state index in [2.05, 4.69) is 36.6 Å². The van der Waals surface area contributed by atoms with Crippen LogP contribution in [-0.2, 0) is 0 Å². The molecule has 0 heterocycles. The van der Waals surface area contributed by atoms with Crippen LogP contribution in [0.3, 0.4) is 0 Å². The Morgan fingerprint density at radius 3 is 2.44 bits per heavy atom. The number of hydrogen-bond acceptors (Lipinski definition) is 3. The Labute approximate surface area is 115 Å². The first kappa shape index (κ1) is 13.9. The third-order valence-corrected chi connectivity index (χ3v) is 4.75. The van der Waals surface area contributed by atoms with Gasteiger partial charge >= 0.3 is 0 Å². The maximum Gasteiger partial charge on any atom is 0.0488 e. The average molecular weight is 264 g/mol.